The van der Waals surface area contributed by atoms with Crippen molar-refractivity contribution in [2.45, 2.75) is 107 Å². The molecule has 0 saturated heterocycles. The van der Waals surface area contributed by atoms with Crippen LogP contribution < -0.4 is 5.36 Å². The topological polar surface area (TPSA) is 56.8 Å². The number of nitrogens with one attached hydrogen (secondary N) is 2. The molecule has 0 fully saturated rings. The van der Waals surface area contributed by atoms with E-state index in [9.17, 15) is 0 Å². The predicted molar refractivity (Wildman–Crippen MR) is 198 cm³/mol. The van der Waals surface area contributed by atoms with Crippen LogP contribution in [-0.4, -0.2) is 22.0 Å². The Bertz CT molecular complexity index is 1890. The van der Waals surface area contributed by atoms with Crippen LogP contribution in [0.4, 0.5) is 0 Å². The molecule has 0 saturated carbocycles. The highest BCUT2D eigenvalue weighted by Crippen LogP contribution is 2.42. The van der Waals surface area contributed by atoms with Crippen LogP contribution in [0, 0.1) is 0 Å². The number of nitrogens with zero attached hydrogens (tertiary/aromatic N) is 2. The first-order valence-corrected chi connectivity index (χ1v) is 17.9. The smallest absolute Gasteiger partial charge is 0.0920 e. The van der Waals surface area contributed by atoms with E-state index in [0.717, 1.165) is 124 Å². The largest absolute Gasteiger partial charge is 0.353 e. The molecule has 2 N–H and O–H groups in total. The molecule has 0 radical (unpaired) electrons. The number of H-pyrrole nitrogens is 2. The summed E-state index contributed by atoms with van der Waals surface area (Å²) in [6.07, 6.45) is 6.25. The van der Waals surface area contributed by atoms with E-state index in [0.29, 0.717) is 20.1 Å². The van der Waals surface area contributed by atoms with Crippen molar-refractivity contribution in [3.05, 3.63) is 76.3 Å². The Hall–Kier alpha value is -2.24. The van der Waals surface area contributed by atoms with E-state index in [1.807, 2.05) is 0 Å². The van der Waals surface area contributed by atoms with Crippen LogP contribution >= 0.6 is 46.4 Å². The van der Waals surface area contributed by atoms with Crippen molar-refractivity contribution >= 4 is 79.6 Å². The van der Waals surface area contributed by atoms with E-state index in [-0.39, 0.29) is 0 Å². The first-order chi connectivity index (χ1) is 21.6. The molecule has 0 unspecified atom stereocenters. The molecule has 3 aromatic rings. The zero-order valence-corrected chi connectivity index (χ0v) is 31.2. The van der Waals surface area contributed by atoms with Crippen molar-refractivity contribution in [1.82, 2.24) is 15.0 Å². The number of aromatic nitrogens is 3. The number of fused-ring (bicyclic) bond motifs is 6. The molecular weight excluding hydrogens is 642 g/mol. The second-order valence-electron chi connectivity index (χ2n) is 11.3. The number of allylic oxidation sites excluding steroid dienone is 2. The number of halogens is 4. The van der Waals surface area contributed by atoms with Crippen LogP contribution in [0.2, 0.25) is 20.1 Å². The Morgan fingerprint density at radius 3 is 1.38 bits per heavy atom. The standard InChI is InChI=1S/C37H46Cl4N4/c1-10-19-18-27(38)31-21(12-3)22(13-4)34(43-31)29(40)35-25(16-7)26(17-8)37(45-35)30(41)36-24(15-6)23(14-5)33(44-36)28(39)32(42-9)20(19)11-2/h18,43,45H,10-17H2,1-9H3. The molecule has 0 atom stereocenters. The molecule has 0 spiro atoms. The summed E-state index contributed by atoms with van der Waals surface area (Å²) in [4.78, 5) is 17.3. The SMILES string of the molecule is CCC1=C(CC)c2nc1c(Cl)c(=NC)c(CC)c(CC)cc(Cl)c1[nH]c(c(CC)c1CC)c(Cl)c1[nH]c(c2Cl)c(CC)c1CC. The third-order valence-corrected chi connectivity index (χ3v) is 10.6. The maximum atomic E-state index is 7.40. The normalized spacial score (nSPS) is 12.9. The van der Waals surface area contributed by atoms with Crippen molar-refractivity contribution in [3.63, 3.8) is 0 Å². The van der Waals surface area contributed by atoms with Crippen LogP contribution in [0.25, 0.3) is 33.2 Å². The minimum absolute atomic E-state index is 0.537. The average Bonchev–Trinajstić information content (AvgIpc) is 3.75. The maximum Gasteiger partial charge on any atom is 0.0920 e. The fraction of sp³-hybridized carbons (Fsp3) is 0.459. The summed E-state index contributed by atoms with van der Waals surface area (Å²) < 4.78 is 0. The van der Waals surface area contributed by atoms with Gasteiger partial charge in [0, 0.05) is 7.05 Å². The quantitative estimate of drug-likeness (QED) is 0.243. The first-order valence-electron chi connectivity index (χ1n) is 16.4. The van der Waals surface area contributed by atoms with Gasteiger partial charge in [-0.25, -0.2) is 4.98 Å². The van der Waals surface area contributed by atoms with Crippen LogP contribution in [0.1, 0.15) is 113 Å². The van der Waals surface area contributed by atoms with Gasteiger partial charge in [0.25, 0.3) is 0 Å². The Morgan fingerprint density at radius 2 is 0.956 bits per heavy atom. The van der Waals surface area contributed by atoms with Gasteiger partial charge < -0.3 is 9.97 Å². The Morgan fingerprint density at radius 1 is 0.533 bits per heavy atom. The van der Waals surface area contributed by atoms with E-state index in [1.165, 1.54) is 11.1 Å². The van der Waals surface area contributed by atoms with Crippen molar-refractivity contribution < 1.29 is 0 Å². The molecule has 0 amide bonds. The Balaban J connectivity index is 2.51. The summed E-state index contributed by atoms with van der Waals surface area (Å²) in [5, 5.41) is 3.13. The minimum Gasteiger partial charge on any atom is -0.353 e. The molecule has 1 aliphatic heterocycles. The van der Waals surface area contributed by atoms with Crippen molar-refractivity contribution in [1.29, 1.82) is 0 Å². The lowest BCUT2D eigenvalue weighted by Crippen LogP contribution is -2.13. The Kier molecular flexibility index (Phi) is 12.0. The monoisotopic (exact) mass is 686 g/mol. The average molecular weight is 689 g/mol. The summed E-state index contributed by atoms with van der Waals surface area (Å²) in [5.74, 6) is 0. The molecule has 3 aromatic heterocycles. The molecule has 4 rings (SSSR count). The second-order valence-corrected chi connectivity index (χ2v) is 12.8. The van der Waals surface area contributed by atoms with Gasteiger partial charge >= 0.3 is 0 Å². The molecular formula is C37H46Cl4N4. The molecule has 0 aliphatic carbocycles. The summed E-state index contributed by atoms with van der Waals surface area (Å²) in [6, 6.07) is 2.07. The van der Waals surface area contributed by atoms with E-state index in [1.54, 1.807) is 7.05 Å². The van der Waals surface area contributed by atoms with Crippen molar-refractivity contribution in [2.24, 2.45) is 4.99 Å². The third-order valence-electron chi connectivity index (χ3n) is 9.17. The summed E-state index contributed by atoms with van der Waals surface area (Å²) in [5.41, 5.74) is 14.0. The van der Waals surface area contributed by atoms with Crippen LogP contribution in [0.3, 0.4) is 0 Å². The number of rotatable bonds is 8. The Labute approximate surface area is 288 Å². The van der Waals surface area contributed by atoms with Crippen molar-refractivity contribution in [2.75, 3.05) is 7.05 Å². The van der Waals surface area contributed by atoms with Gasteiger partial charge in [-0.2, -0.15) is 0 Å². The van der Waals surface area contributed by atoms with E-state index in [4.69, 9.17) is 56.4 Å². The second kappa shape index (κ2) is 15.1. The molecule has 8 heteroatoms. The molecule has 6 bridgehead atoms. The third kappa shape index (κ3) is 6.13. The molecule has 0 aromatic carbocycles. The van der Waals surface area contributed by atoms with E-state index >= 15 is 0 Å². The van der Waals surface area contributed by atoms with Gasteiger partial charge in [-0.1, -0.05) is 102 Å². The molecule has 1 aliphatic rings. The molecule has 45 heavy (non-hydrogen) atoms. The van der Waals surface area contributed by atoms with E-state index in [2.05, 4.69) is 71.4 Å². The first kappa shape index (κ1) is 35.6. The number of aromatic amines is 2. The minimum atomic E-state index is 0.537. The van der Waals surface area contributed by atoms with Gasteiger partial charge in [-0.15, -0.1) is 0 Å². The van der Waals surface area contributed by atoms with Gasteiger partial charge in [-0.3, -0.25) is 4.99 Å². The number of hydrogen-bond acceptors (Lipinski definition) is 2. The zero-order valence-electron chi connectivity index (χ0n) is 28.1. The maximum absolute atomic E-state index is 7.40. The molecule has 4 heterocycles. The molecule has 242 valence electrons. The number of aryl methyl sites for hydroxylation is 5. The van der Waals surface area contributed by atoms with Gasteiger partial charge in [0.2, 0.25) is 0 Å². The van der Waals surface area contributed by atoms with Gasteiger partial charge in [-0.05, 0) is 102 Å². The van der Waals surface area contributed by atoms with Crippen LogP contribution in [-0.2, 0) is 38.5 Å². The van der Waals surface area contributed by atoms with Gasteiger partial charge in [0.15, 0.2) is 0 Å². The summed E-state index contributed by atoms with van der Waals surface area (Å²) in [6.45, 7) is 17.2. The highest BCUT2D eigenvalue weighted by Gasteiger charge is 2.25. The fourth-order valence-electron chi connectivity index (χ4n) is 7.03. The van der Waals surface area contributed by atoms with Crippen molar-refractivity contribution in [3.8, 4) is 0 Å². The molecule has 4 nitrogen and oxygen atoms in total. The number of hydrogen-bond donors (Lipinski definition) is 2. The summed E-state index contributed by atoms with van der Waals surface area (Å²) in [7, 11) is 1.79. The highest BCUT2D eigenvalue weighted by atomic mass is 35.5. The van der Waals surface area contributed by atoms with Gasteiger partial charge in [0.1, 0.15) is 0 Å². The highest BCUT2D eigenvalue weighted by molar-refractivity contribution is 6.39. The summed E-state index contributed by atoms with van der Waals surface area (Å²) >= 11 is 29.4. The van der Waals surface area contributed by atoms with Crippen LogP contribution in [0.15, 0.2) is 11.1 Å². The van der Waals surface area contributed by atoms with Crippen LogP contribution in [0.5, 0.6) is 0 Å². The lowest BCUT2D eigenvalue weighted by Gasteiger charge is -2.08. The predicted octanol–water partition coefficient (Wildman–Crippen LogP) is 11.9. The zero-order chi connectivity index (χ0) is 33.2. The van der Waals surface area contributed by atoms with E-state index < -0.39 is 0 Å². The van der Waals surface area contributed by atoms with Gasteiger partial charge in [0.05, 0.1) is 58.9 Å². The lowest BCUT2D eigenvalue weighted by molar-refractivity contribution is 1.01. The lowest BCUT2D eigenvalue weighted by atomic mass is 9.99. The fourth-order valence-corrected chi connectivity index (χ4v) is 8.32.